The second-order valence-corrected chi connectivity index (χ2v) is 6.53. The van der Waals surface area contributed by atoms with Crippen LogP contribution in [0.4, 0.5) is 0 Å². The maximum absolute atomic E-state index is 12.4. The summed E-state index contributed by atoms with van der Waals surface area (Å²) in [5.74, 6) is 1.33. The molecular formula is C13H17N3O3S. The smallest absolute Gasteiger partial charge is 0.260 e. The van der Waals surface area contributed by atoms with E-state index in [1.54, 1.807) is 29.8 Å². The molecule has 2 aromatic heterocycles. The van der Waals surface area contributed by atoms with Gasteiger partial charge in [-0.25, -0.2) is 18.1 Å². The molecule has 0 spiro atoms. The first-order chi connectivity index (χ1) is 9.55. The molecule has 0 saturated heterocycles. The van der Waals surface area contributed by atoms with Crippen LogP contribution in [0.5, 0.6) is 5.75 Å². The maximum atomic E-state index is 12.4. The van der Waals surface area contributed by atoms with E-state index in [1.165, 1.54) is 0 Å². The van der Waals surface area contributed by atoms with E-state index < -0.39 is 10.0 Å². The van der Waals surface area contributed by atoms with Crippen molar-refractivity contribution in [3.05, 3.63) is 24.2 Å². The molecule has 0 amide bonds. The predicted octanol–water partition coefficient (Wildman–Crippen LogP) is 1.35. The molecule has 7 heteroatoms. The van der Waals surface area contributed by atoms with Gasteiger partial charge in [0.2, 0.25) is 0 Å². The fourth-order valence-corrected chi connectivity index (χ4v) is 3.59. The molecule has 0 aromatic carbocycles. The number of ether oxygens (including phenoxy) is 1. The Kier molecular flexibility index (Phi) is 3.18. The summed E-state index contributed by atoms with van der Waals surface area (Å²) in [4.78, 5) is 4.29. The van der Waals surface area contributed by atoms with Gasteiger partial charge in [-0.3, -0.25) is 0 Å². The van der Waals surface area contributed by atoms with E-state index in [4.69, 9.17) is 4.74 Å². The van der Waals surface area contributed by atoms with Crippen molar-refractivity contribution in [3.8, 4) is 5.75 Å². The standard InChI is InChI=1S/C13H17N3O3S/c1-3-12-14-13(20(17,18)15-9-4-5-9)11-8-10(19-2)6-7-16(11)12/h6-9,15H,3-5H2,1-2H3. The van der Waals surface area contributed by atoms with Gasteiger partial charge >= 0.3 is 0 Å². The summed E-state index contributed by atoms with van der Waals surface area (Å²) in [6.45, 7) is 1.95. The Bertz CT molecular complexity index is 748. The summed E-state index contributed by atoms with van der Waals surface area (Å²) in [5.41, 5.74) is 0.550. The molecule has 1 aliphatic carbocycles. The summed E-state index contributed by atoms with van der Waals surface area (Å²) in [7, 11) is -2.02. The molecule has 3 rings (SSSR count). The van der Waals surface area contributed by atoms with Crippen LogP contribution in [0.1, 0.15) is 25.6 Å². The van der Waals surface area contributed by atoms with E-state index in [0.717, 1.165) is 18.7 Å². The first-order valence-electron chi connectivity index (χ1n) is 6.62. The van der Waals surface area contributed by atoms with Gasteiger partial charge in [-0.05, 0) is 18.9 Å². The van der Waals surface area contributed by atoms with Crippen LogP contribution in [-0.2, 0) is 16.4 Å². The van der Waals surface area contributed by atoms with Gasteiger partial charge in [0.1, 0.15) is 11.6 Å². The minimum atomic E-state index is -3.58. The first-order valence-corrected chi connectivity index (χ1v) is 8.10. The molecule has 2 heterocycles. The highest BCUT2D eigenvalue weighted by Gasteiger charge is 2.31. The zero-order valence-electron chi connectivity index (χ0n) is 11.5. The Morgan fingerprint density at radius 2 is 2.25 bits per heavy atom. The zero-order chi connectivity index (χ0) is 14.3. The third-order valence-corrected chi connectivity index (χ3v) is 4.81. The van der Waals surface area contributed by atoms with Crippen LogP contribution >= 0.6 is 0 Å². The van der Waals surface area contributed by atoms with E-state index >= 15 is 0 Å². The second kappa shape index (κ2) is 4.75. The van der Waals surface area contributed by atoms with E-state index in [9.17, 15) is 8.42 Å². The number of imidazole rings is 1. The van der Waals surface area contributed by atoms with Gasteiger partial charge < -0.3 is 9.14 Å². The summed E-state index contributed by atoms with van der Waals surface area (Å²) in [6.07, 6.45) is 4.24. The topological polar surface area (TPSA) is 72.7 Å². The Balaban J connectivity index is 2.17. The average Bonchev–Trinajstić information content (AvgIpc) is 3.15. The quantitative estimate of drug-likeness (QED) is 0.903. The Morgan fingerprint density at radius 1 is 1.50 bits per heavy atom. The molecule has 0 radical (unpaired) electrons. The van der Waals surface area contributed by atoms with E-state index in [0.29, 0.717) is 17.7 Å². The minimum absolute atomic E-state index is 0.0624. The molecule has 20 heavy (non-hydrogen) atoms. The monoisotopic (exact) mass is 295 g/mol. The lowest BCUT2D eigenvalue weighted by molar-refractivity contribution is 0.414. The number of aryl methyl sites for hydroxylation is 1. The van der Waals surface area contributed by atoms with Crippen LogP contribution in [0.15, 0.2) is 23.4 Å². The lowest BCUT2D eigenvalue weighted by atomic mass is 10.4. The molecule has 1 aliphatic rings. The van der Waals surface area contributed by atoms with E-state index in [1.807, 2.05) is 6.92 Å². The highest BCUT2D eigenvalue weighted by Crippen LogP contribution is 2.26. The predicted molar refractivity (Wildman–Crippen MR) is 74.5 cm³/mol. The highest BCUT2D eigenvalue weighted by molar-refractivity contribution is 7.89. The van der Waals surface area contributed by atoms with Crippen molar-refractivity contribution in [1.29, 1.82) is 0 Å². The summed E-state index contributed by atoms with van der Waals surface area (Å²) < 4.78 is 34.4. The van der Waals surface area contributed by atoms with Crippen LogP contribution in [0.25, 0.3) is 5.52 Å². The molecule has 0 bridgehead atoms. The summed E-state index contributed by atoms with van der Waals surface area (Å²) >= 11 is 0. The molecule has 6 nitrogen and oxygen atoms in total. The van der Waals surface area contributed by atoms with Gasteiger partial charge in [-0.2, -0.15) is 0 Å². The van der Waals surface area contributed by atoms with Gasteiger partial charge in [0, 0.05) is 24.7 Å². The maximum Gasteiger partial charge on any atom is 0.260 e. The number of nitrogens with zero attached hydrogens (tertiary/aromatic N) is 2. The number of pyridine rings is 1. The molecule has 2 aromatic rings. The molecule has 1 saturated carbocycles. The molecule has 0 aliphatic heterocycles. The van der Waals surface area contributed by atoms with Crippen molar-refractivity contribution in [2.24, 2.45) is 0 Å². The fourth-order valence-electron chi connectivity index (χ4n) is 2.15. The molecule has 108 valence electrons. The third kappa shape index (κ3) is 2.27. The van der Waals surface area contributed by atoms with Crippen LogP contribution in [0.2, 0.25) is 0 Å². The Hall–Kier alpha value is -1.60. The third-order valence-electron chi connectivity index (χ3n) is 3.36. The van der Waals surface area contributed by atoms with Gasteiger partial charge in [-0.15, -0.1) is 0 Å². The van der Waals surface area contributed by atoms with E-state index in [2.05, 4.69) is 9.71 Å². The Morgan fingerprint density at radius 3 is 2.85 bits per heavy atom. The fraction of sp³-hybridized carbons (Fsp3) is 0.462. The number of nitrogens with one attached hydrogen (secondary N) is 1. The lowest BCUT2D eigenvalue weighted by Gasteiger charge is -2.04. The number of rotatable bonds is 5. The zero-order valence-corrected chi connectivity index (χ0v) is 12.3. The van der Waals surface area contributed by atoms with Crippen LogP contribution < -0.4 is 9.46 Å². The average molecular weight is 295 g/mol. The molecular weight excluding hydrogens is 278 g/mol. The van der Waals surface area contributed by atoms with Gasteiger partial charge in [0.05, 0.1) is 12.6 Å². The highest BCUT2D eigenvalue weighted by atomic mass is 32.2. The second-order valence-electron chi connectivity index (χ2n) is 4.90. The normalized spacial score (nSPS) is 15.7. The van der Waals surface area contributed by atoms with Crippen molar-refractivity contribution in [2.75, 3.05) is 7.11 Å². The molecule has 0 unspecified atom stereocenters. The van der Waals surface area contributed by atoms with Gasteiger partial charge in [0.15, 0.2) is 5.03 Å². The Labute approximate surface area is 117 Å². The minimum Gasteiger partial charge on any atom is -0.497 e. The van der Waals surface area contributed by atoms with Crippen LogP contribution in [0, 0.1) is 0 Å². The lowest BCUT2D eigenvalue weighted by Crippen LogP contribution is -2.26. The molecule has 0 atom stereocenters. The number of sulfonamides is 1. The van der Waals surface area contributed by atoms with Crippen molar-refractivity contribution in [3.63, 3.8) is 0 Å². The summed E-state index contributed by atoms with van der Waals surface area (Å²) in [6, 6.07) is 3.55. The molecule has 1 fully saturated rings. The largest absolute Gasteiger partial charge is 0.497 e. The number of methoxy groups -OCH3 is 1. The van der Waals surface area contributed by atoms with Gasteiger partial charge in [-0.1, -0.05) is 6.92 Å². The van der Waals surface area contributed by atoms with E-state index in [-0.39, 0.29) is 11.1 Å². The van der Waals surface area contributed by atoms with Crippen molar-refractivity contribution in [2.45, 2.75) is 37.3 Å². The van der Waals surface area contributed by atoms with Crippen molar-refractivity contribution < 1.29 is 13.2 Å². The molecule has 1 N–H and O–H groups in total. The number of hydrogen-bond acceptors (Lipinski definition) is 4. The summed E-state index contributed by atoms with van der Waals surface area (Å²) in [5, 5.41) is 0.0835. The van der Waals surface area contributed by atoms with Crippen molar-refractivity contribution >= 4 is 15.5 Å². The number of hydrogen-bond donors (Lipinski definition) is 1. The van der Waals surface area contributed by atoms with Gasteiger partial charge in [0.25, 0.3) is 10.0 Å². The van der Waals surface area contributed by atoms with Crippen LogP contribution in [0.3, 0.4) is 0 Å². The SMILES string of the molecule is CCc1nc(S(=O)(=O)NC2CC2)c2cc(OC)ccn12. The van der Waals surface area contributed by atoms with Crippen LogP contribution in [-0.4, -0.2) is 31.0 Å². The number of aromatic nitrogens is 2. The first kappa shape index (κ1) is 13.4. The van der Waals surface area contributed by atoms with Crippen molar-refractivity contribution in [1.82, 2.24) is 14.1 Å². The number of fused-ring (bicyclic) bond motifs is 1.